The van der Waals surface area contributed by atoms with E-state index in [4.69, 9.17) is 10.2 Å². The van der Waals surface area contributed by atoms with E-state index in [1.54, 1.807) is 24.1 Å². The van der Waals surface area contributed by atoms with Gasteiger partial charge in [0.15, 0.2) is 5.76 Å². The minimum absolute atomic E-state index is 0.157. The van der Waals surface area contributed by atoms with Crippen LogP contribution in [-0.4, -0.2) is 17.9 Å². The van der Waals surface area contributed by atoms with E-state index in [0.717, 1.165) is 10.0 Å². The highest BCUT2D eigenvalue weighted by Gasteiger charge is 2.16. The van der Waals surface area contributed by atoms with E-state index < -0.39 is 0 Å². The highest BCUT2D eigenvalue weighted by Crippen LogP contribution is 2.18. The van der Waals surface area contributed by atoms with Crippen LogP contribution in [0.1, 0.15) is 21.9 Å². The number of rotatable bonds is 4. The first-order valence-corrected chi connectivity index (χ1v) is 6.68. The summed E-state index contributed by atoms with van der Waals surface area (Å²) in [6.07, 6.45) is 0. The zero-order valence-electron chi connectivity index (χ0n) is 10.6. The maximum atomic E-state index is 12.2. The van der Waals surface area contributed by atoms with Gasteiger partial charge in [-0.25, -0.2) is 0 Å². The molecule has 100 valence electrons. The molecule has 2 aromatic rings. The van der Waals surface area contributed by atoms with E-state index in [9.17, 15) is 4.79 Å². The third kappa shape index (κ3) is 3.24. The van der Waals surface area contributed by atoms with Crippen LogP contribution < -0.4 is 5.73 Å². The minimum Gasteiger partial charge on any atom is -0.455 e. The first kappa shape index (κ1) is 13.8. The van der Waals surface area contributed by atoms with E-state index in [2.05, 4.69) is 15.9 Å². The lowest BCUT2D eigenvalue weighted by Crippen LogP contribution is -2.25. The number of nitrogens with two attached hydrogens (primary N) is 1. The molecule has 0 saturated heterocycles. The number of hydrogen-bond donors (Lipinski definition) is 1. The molecular formula is C14H15BrN2O2. The lowest BCUT2D eigenvalue weighted by Gasteiger charge is -2.16. The number of furan rings is 1. The third-order valence-electron chi connectivity index (χ3n) is 2.79. The summed E-state index contributed by atoms with van der Waals surface area (Å²) in [5.74, 6) is 0.767. The first-order chi connectivity index (χ1) is 9.11. The minimum atomic E-state index is -0.157. The Balaban J connectivity index is 2.09. The van der Waals surface area contributed by atoms with Crippen molar-refractivity contribution in [3.63, 3.8) is 0 Å². The zero-order valence-corrected chi connectivity index (χ0v) is 12.2. The van der Waals surface area contributed by atoms with Crippen LogP contribution >= 0.6 is 15.9 Å². The summed E-state index contributed by atoms with van der Waals surface area (Å²) in [6, 6.07) is 11.2. The summed E-state index contributed by atoms with van der Waals surface area (Å²) < 4.78 is 6.34. The van der Waals surface area contributed by atoms with Crippen molar-refractivity contribution >= 4 is 21.8 Å². The van der Waals surface area contributed by atoms with Crippen molar-refractivity contribution in [2.24, 2.45) is 5.73 Å². The molecule has 0 aliphatic rings. The van der Waals surface area contributed by atoms with Gasteiger partial charge >= 0.3 is 0 Å². The van der Waals surface area contributed by atoms with E-state index in [-0.39, 0.29) is 5.91 Å². The molecule has 0 radical (unpaired) electrons. The molecule has 1 heterocycles. The number of nitrogens with zero attached hydrogens (tertiary/aromatic N) is 1. The van der Waals surface area contributed by atoms with Gasteiger partial charge in [-0.3, -0.25) is 4.79 Å². The molecule has 4 nitrogen and oxygen atoms in total. The molecule has 0 saturated carbocycles. The molecule has 2 N–H and O–H groups in total. The maximum Gasteiger partial charge on any atom is 0.289 e. The second-order valence-corrected chi connectivity index (χ2v) is 5.08. The molecule has 0 unspecified atom stereocenters. The fraction of sp³-hybridized carbons (Fsp3) is 0.214. The van der Waals surface area contributed by atoms with Gasteiger partial charge in [0.1, 0.15) is 5.76 Å². The Morgan fingerprint density at radius 1 is 1.32 bits per heavy atom. The van der Waals surface area contributed by atoms with Gasteiger partial charge in [-0.15, -0.1) is 0 Å². The number of hydrogen-bond acceptors (Lipinski definition) is 3. The van der Waals surface area contributed by atoms with Gasteiger partial charge in [-0.1, -0.05) is 34.1 Å². The van der Waals surface area contributed by atoms with Gasteiger partial charge < -0.3 is 15.1 Å². The van der Waals surface area contributed by atoms with E-state index in [0.29, 0.717) is 24.6 Å². The molecule has 1 aromatic heterocycles. The lowest BCUT2D eigenvalue weighted by atomic mass is 10.2. The highest BCUT2D eigenvalue weighted by molar-refractivity contribution is 9.10. The number of carbonyl (C=O) groups is 1. The van der Waals surface area contributed by atoms with Crippen molar-refractivity contribution in [1.29, 1.82) is 0 Å². The summed E-state index contributed by atoms with van der Waals surface area (Å²) in [5.41, 5.74) is 6.50. The van der Waals surface area contributed by atoms with Gasteiger partial charge in [0.25, 0.3) is 5.91 Å². The van der Waals surface area contributed by atoms with Crippen LogP contribution in [0.2, 0.25) is 0 Å². The summed E-state index contributed by atoms with van der Waals surface area (Å²) in [5, 5.41) is 0. The Kier molecular flexibility index (Phi) is 4.39. The summed E-state index contributed by atoms with van der Waals surface area (Å²) in [7, 11) is 1.74. The molecule has 0 fully saturated rings. The standard InChI is InChI=1S/C14H15BrN2O2/c1-17(9-10-4-2-3-5-12(10)15)14(18)13-7-6-11(8-16)19-13/h2-7H,8-9,16H2,1H3. The molecule has 1 aromatic carbocycles. The van der Waals surface area contributed by atoms with Crippen molar-refractivity contribution in [1.82, 2.24) is 4.90 Å². The van der Waals surface area contributed by atoms with Crippen LogP contribution in [0.4, 0.5) is 0 Å². The SMILES string of the molecule is CN(Cc1ccccc1Br)C(=O)c1ccc(CN)o1. The molecule has 0 aliphatic heterocycles. The van der Waals surface area contributed by atoms with Crippen LogP contribution in [0.15, 0.2) is 45.3 Å². The normalized spacial score (nSPS) is 10.5. The Morgan fingerprint density at radius 2 is 2.05 bits per heavy atom. The quantitative estimate of drug-likeness (QED) is 0.941. The Hall–Kier alpha value is -1.59. The van der Waals surface area contributed by atoms with Crippen LogP contribution in [0.5, 0.6) is 0 Å². The topological polar surface area (TPSA) is 59.5 Å². The van der Waals surface area contributed by atoms with Crippen LogP contribution in [0.3, 0.4) is 0 Å². The first-order valence-electron chi connectivity index (χ1n) is 5.89. The molecule has 5 heteroatoms. The zero-order chi connectivity index (χ0) is 13.8. The van der Waals surface area contributed by atoms with E-state index >= 15 is 0 Å². The van der Waals surface area contributed by atoms with Gasteiger partial charge in [0.2, 0.25) is 0 Å². The molecule has 2 rings (SSSR count). The Labute approximate surface area is 120 Å². The molecule has 19 heavy (non-hydrogen) atoms. The van der Waals surface area contributed by atoms with Crippen molar-refractivity contribution in [2.45, 2.75) is 13.1 Å². The number of amides is 1. The number of benzene rings is 1. The van der Waals surface area contributed by atoms with Gasteiger partial charge in [0, 0.05) is 18.1 Å². The summed E-state index contributed by atoms with van der Waals surface area (Å²) in [6.45, 7) is 0.806. The Morgan fingerprint density at radius 3 is 2.68 bits per heavy atom. The van der Waals surface area contributed by atoms with Crippen LogP contribution in [-0.2, 0) is 13.1 Å². The predicted octanol–water partition coefficient (Wildman–Crippen LogP) is 2.77. The second-order valence-electron chi connectivity index (χ2n) is 4.22. The molecular weight excluding hydrogens is 308 g/mol. The van der Waals surface area contributed by atoms with Gasteiger partial charge in [-0.2, -0.15) is 0 Å². The highest BCUT2D eigenvalue weighted by atomic mass is 79.9. The summed E-state index contributed by atoms with van der Waals surface area (Å²) in [4.78, 5) is 13.8. The average Bonchev–Trinajstić information content (AvgIpc) is 2.89. The van der Waals surface area contributed by atoms with Crippen LogP contribution in [0, 0.1) is 0 Å². The van der Waals surface area contributed by atoms with Crippen molar-refractivity contribution < 1.29 is 9.21 Å². The average molecular weight is 323 g/mol. The largest absolute Gasteiger partial charge is 0.455 e. The second kappa shape index (κ2) is 6.04. The summed E-state index contributed by atoms with van der Waals surface area (Å²) >= 11 is 3.47. The molecule has 0 atom stereocenters. The maximum absolute atomic E-state index is 12.2. The van der Waals surface area contributed by atoms with Gasteiger partial charge in [-0.05, 0) is 23.8 Å². The monoisotopic (exact) mass is 322 g/mol. The van der Waals surface area contributed by atoms with E-state index in [1.807, 2.05) is 24.3 Å². The van der Waals surface area contributed by atoms with Crippen molar-refractivity contribution in [3.05, 3.63) is 58.0 Å². The van der Waals surface area contributed by atoms with Crippen molar-refractivity contribution in [3.8, 4) is 0 Å². The van der Waals surface area contributed by atoms with E-state index in [1.165, 1.54) is 0 Å². The molecule has 0 aliphatic carbocycles. The van der Waals surface area contributed by atoms with Crippen molar-refractivity contribution in [2.75, 3.05) is 7.05 Å². The predicted molar refractivity (Wildman–Crippen MR) is 76.5 cm³/mol. The fourth-order valence-corrected chi connectivity index (χ4v) is 2.15. The molecule has 0 spiro atoms. The lowest BCUT2D eigenvalue weighted by molar-refractivity contribution is 0.0751. The molecule has 1 amide bonds. The third-order valence-corrected chi connectivity index (χ3v) is 3.56. The molecule has 0 bridgehead atoms. The Bertz CT molecular complexity index is 580. The van der Waals surface area contributed by atoms with Crippen LogP contribution in [0.25, 0.3) is 0 Å². The van der Waals surface area contributed by atoms with Gasteiger partial charge in [0.05, 0.1) is 6.54 Å². The number of carbonyl (C=O) groups excluding carboxylic acids is 1. The number of halogens is 1. The smallest absolute Gasteiger partial charge is 0.289 e. The fourth-order valence-electron chi connectivity index (χ4n) is 1.74.